The molecule has 0 bridgehead atoms. The van der Waals surface area contributed by atoms with Crippen molar-refractivity contribution in [3.05, 3.63) is 40.9 Å². The van der Waals surface area contributed by atoms with Crippen LogP contribution in [0.15, 0.2) is 39.7 Å². The van der Waals surface area contributed by atoms with E-state index in [2.05, 4.69) is 5.10 Å². The highest BCUT2D eigenvalue weighted by molar-refractivity contribution is 5.50. The summed E-state index contributed by atoms with van der Waals surface area (Å²) < 4.78 is 6.75. The molecule has 2 aromatic rings. The molecule has 0 saturated heterocycles. The first-order valence-corrected chi connectivity index (χ1v) is 5.36. The van der Waals surface area contributed by atoms with Crippen LogP contribution in [0.2, 0.25) is 0 Å². The third kappa shape index (κ3) is 1.91. The second-order valence-electron chi connectivity index (χ2n) is 3.74. The van der Waals surface area contributed by atoms with Crippen molar-refractivity contribution in [3.8, 4) is 11.5 Å². The normalized spacial score (nSPS) is 12.6. The standard InChI is InChI=1S/C12H14N2O2/c1-3-9(2)14-12(15)7-6-10(13-14)11-5-4-8-16-11/h4-9H,3H2,1-2H3. The molecule has 0 spiro atoms. The van der Waals surface area contributed by atoms with Crippen LogP contribution in [0.25, 0.3) is 11.5 Å². The van der Waals surface area contributed by atoms with Crippen LogP contribution in [0.1, 0.15) is 26.3 Å². The fraction of sp³-hybridized carbons (Fsp3) is 0.333. The maximum Gasteiger partial charge on any atom is 0.267 e. The minimum atomic E-state index is -0.0790. The Hall–Kier alpha value is -1.84. The summed E-state index contributed by atoms with van der Waals surface area (Å²) in [6.07, 6.45) is 2.46. The molecule has 0 aliphatic heterocycles. The van der Waals surface area contributed by atoms with Gasteiger partial charge in [-0.3, -0.25) is 4.79 Å². The Kier molecular flexibility index (Phi) is 2.90. The van der Waals surface area contributed by atoms with Crippen LogP contribution in [0.5, 0.6) is 0 Å². The third-order valence-electron chi connectivity index (χ3n) is 2.61. The zero-order valence-electron chi connectivity index (χ0n) is 9.38. The molecule has 0 N–H and O–H groups in total. The molecule has 4 heteroatoms. The summed E-state index contributed by atoms with van der Waals surface area (Å²) in [5.74, 6) is 0.678. The third-order valence-corrected chi connectivity index (χ3v) is 2.61. The number of rotatable bonds is 3. The number of furan rings is 1. The van der Waals surface area contributed by atoms with E-state index >= 15 is 0 Å². The lowest BCUT2D eigenvalue weighted by Gasteiger charge is -2.11. The van der Waals surface area contributed by atoms with Gasteiger partial charge in [-0.25, -0.2) is 4.68 Å². The van der Waals surface area contributed by atoms with Gasteiger partial charge in [0.2, 0.25) is 0 Å². The lowest BCUT2D eigenvalue weighted by Crippen LogP contribution is -2.25. The average Bonchev–Trinajstić information content (AvgIpc) is 2.82. The van der Waals surface area contributed by atoms with Gasteiger partial charge in [0.25, 0.3) is 5.56 Å². The lowest BCUT2D eigenvalue weighted by molar-refractivity contribution is 0.453. The Morgan fingerprint density at radius 1 is 1.44 bits per heavy atom. The quantitative estimate of drug-likeness (QED) is 0.795. The van der Waals surface area contributed by atoms with Crippen molar-refractivity contribution in [2.75, 3.05) is 0 Å². The van der Waals surface area contributed by atoms with E-state index in [0.29, 0.717) is 11.5 Å². The van der Waals surface area contributed by atoms with E-state index in [9.17, 15) is 4.79 Å². The van der Waals surface area contributed by atoms with E-state index in [0.717, 1.165) is 6.42 Å². The highest BCUT2D eigenvalue weighted by atomic mass is 16.3. The molecule has 1 atom stereocenters. The van der Waals surface area contributed by atoms with E-state index in [4.69, 9.17) is 4.42 Å². The zero-order chi connectivity index (χ0) is 11.5. The van der Waals surface area contributed by atoms with Gasteiger partial charge in [-0.15, -0.1) is 0 Å². The number of nitrogens with zero attached hydrogens (tertiary/aromatic N) is 2. The first-order chi connectivity index (χ1) is 7.72. The van der Waals surface area contributed by atoms with Crippen molar-refractivity contribution in [1.82, 2.24) is 9.78 Å². The number of hydrogen-bond donors (Lipinski definition) is 0. The Bertz CT molecular complexity index is 514. The highest BCUT2D eigenvalue weighted by Crippen LogP contribution is 2.16. The van der Waals surface area contributed by atoms with Crippen molar-refractivity contribution in [2.24, 2.45) is 0 Å². The fourth-order valence-electron chi connectivity index (χ4n) is 1.47. The molecule has 0 saturated carbocycles. The SMILES string of the molecule is CCC(C)n1nc(-c2ccco2)ccc1=O. The van der Waals surface area contributed by atoms with Gasteiger partial charge in [0.15, 0.2) is 5.76 Å². The summed E-state index contributed by atoms with van der Waals surface area (Å²) in [6.45, 7) is 4.00. The molecule has 1 unspecified atom stereocenters. The molecule has 4 nitrogen and oxygen atoms in total. The van der Waals surface area contributed by atoms with Crippen LogP contribution in [0.3, 0.4) is 0 Å². The van der Waals surface area contributed by atoms with Gasteiger partial charge in [0.05, 0.1) is 12.3 Å². The molecular weight excluding hydrogens is 204 g/mol. The second kappa shape index (κ2) is 4.35. The molecule has 0 amide bonds. The van der Waals surface area contributed by atoms with Crippen molar-refractivity contribution in [2.45, 2.75) is 26.3 Å². The van der Waals surface area contributed by atoms with E-state index < -0.39 is 0 Å². The molecule has 0 radical (unpaired) electrons. The first kappa shape index (κ1) is 10.7. The highest BCUT2D eigenvalue weighted by Gasteiger charge is 2.09. The summed E-state index contributed by atoms with van der Waals surface area (Å²) in [5, 5.41) is 4.30. The van der Waals surface area contributed by atoms with E-state index in [-0.39, 0.29) is 11.6 Å². The van der Waals surface area contributed by atoms with E-state index in [1.807, 2.05) is 19.9 Å². The number of hydrogen-bond acceptors (Lipinski definition) is 3. The van der Waals surface area contributed by atoms with Crippen LogP contribution in [0.4, 0.5) is 0 Å². The molecule has 2 heterocycles. The van der Waals surface area contributed by atoms with Gasteiger partial charge in [-0.05, 0) is 31.5 Å². The van der Waals surface area contributed by atoms with Crippen LogP contribution >= 0.6 is 0 Å². The Labute approximate surface area is 93.5 Å². The number of aromatic nitrogens is 2. The van der Waals surface area contributed by atoms with Crippen molar-refractivity contribution in [1.29, 1.82) is 0 Å². The summed E-state index contributed by atoms with van der Waals surface area (Å²) in [4.78, 5) is 11.6. The fourth-order valence-corrected chi connectivity index (χ4v) is 1.47. The Morgan fingerprint density at radius 3 is 2.88 bits per heavy atom. The second-order valence-corrected chi connectivity index (χ2v) is 3.74. The summed E-state index contributed by atoms with van der Waals surface area (Å²) in [6, 6.07) is 6.93. The van der Waals surface area contributed by atoms with Gasteiger partial charge in [-0.1, -0.05) is 6.92 Å². The predicted octanol–water partition coefficient (Wildman–Crippen LogP) is 2.47. The summed E-state index contributed by atoms with van der Waals surface area (Å²) in [5.41, 5.74) is 0.606. The average molecular weight is 218 g/mol. The van der Waals surface area contributed by atoms with Gasteiger partial charge >= 0.3 is 0 Å². The van der Waals surface area contributed by atoms with Crippen molar-refractivity contribution >= 4 is 0 Å². The smallest absolute Gasteiger partial charge is 0.267 e. The Balaban J connectivity index is 2.48. The molecule has 0 fully saturated rings. The van der Waals surface area contributed by atoms with E-state index in [1.165, 1.54) is 10.7 Å². The van der Waals surface area contributed by atoms with Crippen molar-refractivity contribution in [3.63, 3.8) is 0 Å². The van der Waals surface area contributed by atoms with Crippen LogP contribution in [-0.4, -0.2) is 9.78 Å². The Morgan fingerprint density at radius 2 is 2.25 bits per heavy atom. The molecule has 2 rings (SSSR count). The minimum Gasteiger partial charge on any atom is -0.463 e. The maximum atomic E-state index is 11.6. The van der Waals surface area contributed by atoms with Gasteiger partial charge in [-0.2, -0.15) is 5.10 Å². The summed E-state index contributed by atoms with van der Waals surface area (Å²) in [7, 11) is 0. The molecular formula is C12H14N2O2. The minimum absolute atomic E-state index is 0.0790. The molecule has 0 aliphatic carbocycles. The van der Waals surface area contributed by atoms with Crippen LogP contribution in [0, 0.1) is 0 Å². The molecule has 16 heavy (non-hydrogen) atoms. The molecule has 2 aromatic heterocycles. The first-order valence-electron chi connectivity index (χ1n) is 5.36. The molecule has 0 aliphatic rings. The molecule has 84 valence electrons. The summed E-state index contributed by atoms with van der Waals surface area (Å²) >= 11 is 0. The largest absolute Gasteiger partial charge is 0.463 e. The van der Waals surface area contributed by atoms with Crippen LogP contribution < -0.4 is 5.56 Å². The van der Waals surface area contributed by atoms with Crippen molar-refractivity contribution < 1.29 is 4.42 Å². The van der Waals surface area contributed by atoms with Gasteiger partial charge < -0.3 is 4.42 Å². The maximum absolute atomic E-state index is 11.6. The monoisotopic (exact) mass is 218 g/mol. The van der Waals surface area contributed by atoms with E-state index in [1.54, 1.807) is 18.4 Å². The van der Waals surface area contributed by atoms with Gasteiger partial charge in [0, 0.05) is 6.07 Å². The van der Waals surface area contributed by atoms with Gasteiger partial charge in [0.1, 0.15) is 5.69 Å². The zero-order valence-corrected chi connectivity index (χ0v) is 9.38. The lowest BCUT2D eigenvalue weighted by atomic mass is 10.2. The predicted molar refractivity (Wildman–Crippen MR) is 61.2 cm³/mol. The molecule has 0 aromatic carbocycles. The topological polar surface area (TPSA) is 48.0 Å². The van der Waals surface area contributed by atoms with Crippen LogP contribution in [-0.2, 0) is 0 Å².